The molecule has 0 aromatic carbocycles. The molecule has 142 valence electrons. The molecule has 1 aliphatic carbocycles. The quantitative estimate of drug-likeness (QED) is 0.880. The largest absolute Gasteiger partial charge is 0.342 e. The molecule has 4 rings (SSSR count). The minimum atomic E-state index is 0.0887. The van der Waals surface area contributed by atoms with Crippen LogP contribution < -0.4 is 0 Å². The highest BCUT2D eigenvalue weighted by atomic mass is 16.2. The van der Waals surface area contributed by atoms with Crippen LogP contribution in [0.4, 0.5) is 0 Å². The van der Waals surface area contributed by atoms with Crippen molar-refractivity contribution >= 4 is 11.8 Å². The van der Waals surface area contributed by atoms with Crippen LogP contribution >= 0.6 is 0 Å². The number of carbonyl (C=O) groups is 2. The molecule has 26 heavy (non-hydrogen) atoms. The fourth-order valence-corrected chi connectivity index (χ4v) is 4.70. The number of likely N-dealkylation sites (tertiary alicyclic amines) is 2. The van der Waals surface area contributed by atoms with Crippen molar-refractivity contribution in [3.63, 3.8) is 0 Å². The predicted octanol–water partition coefficient (Wildman–Crippen LogP) is 2.62. The fourth-order valence-electron chi connectivity index (χ4n) is 4.70. The lowest BCUT2D eigenvalue weighted by molar-refractivity contribution is -0.139. The van der Waals surface area contributed by atoms with Crippen LogP contribution in [0.1, 0.15) is 67.9 Å². The van der Waals surface area contributed by atoms with Crippen LogP contribution in [-0.2, 0) is 11.2 Å². The Hall–Kier alpha value is -1.85. The van der Waals surface area contributed by atoms with Crippen molar-refractivity contribution in [1.82, 2.24) is 20.0 Å². The van der Waals surface area contributed by atoms with Crippen LogP contribution in [0.5, 0.6) is 0 Å². The first-order chi connectivity index (χ1) is 12.6. The Bertz CT molecular complexity index is 681. The Morgan fingerprint density at radius 1 is 1.35 bits per heavy atom. The number of hydrogen-bond donors (Lipinski definition) is 1. The highest BCUT2D eigenvalue weighted by molar-refractivity contribution is 5.95. The van der Waals surface area contributed by atoms with Gasteiger partial charge in [0.05, 0.1) is 11.8 Å². The van der Waals surface area contributed by atoms with Crippen LogP contribution in [0, 0.1) is 11.3 Å². The zero-order valence-electron chi connectivity index (χ0n) is 15.8. The Morgan fingerprint density at radius 2 is 2.19 bits per heavy atom. The lowest BCUT2D eigenvalue weighted by Gasteiger charge is -2.48. The van der Waals surface area contributed by atoms with Gasteiger partial charge >= 0.3 is 0 Å². The van der Waals surface area contributed by atoms with E-state index in [0.717, 1.165) is 75.5 Å². The van der Waals surface area contributed by atoms with Crippen molar-refractivity contribution in [3.8, 4) is 0 Å². The molecule has 2 aliphatic heterocycles. The third-order valence-corrected chi connectivity index (χ3v) is 6.32. The van der Waals surface area contributed by atoms with Gasteiger partial charge in [-0.15, -0.1) is 0 Å². The molecule has 1 spiro atoms. The monoisotopic (exact) mass is 358 g/mol. The Kier molecular flexibility index (Phi) is 4.76. The van der Waals surface area contributed by atoms with Gasteiger partial charge in [0.2, 0.25) is 5.91 Å². The first kappa shape index (κ1) is 17.6. The third kappa shape index (κ3) is 3.51. The lowest BCUT2D eigenvalue weighted by Crippen LogP contribution is -2.55. The van der Waals surface area contributed by atoms with Gasteiger partial charge in [-0.2, -0.15) is 5.10 Å². The van der Waals surface area contributed by atoms with Crippen molar-refractivity contribution in [2.24, 2.45) is 11.3 Å². The summed E-state index contributed by atoms with van der Waals surface area (Å²) in [6.07, 6.45) is 9.76. The maximum Gasteiger partial charge on any atom is 0.257 e. The van der Waals surface area contributed by atoms with Crippen LogP contribution in [0.15, 0.2) is 6.20 Å². The number of nitrogens with zero attached hydrogens (tertiary/aromatic N) is 3. The second kappa shape index (κ2) is 7.05. The highest BCUT2D eigenvalue weighted by Crippen LogP contribution is 2.41. The van der Waals surface area contributed by atoms with Gasteiger partial charge in [-0.1, -0.05) is 13.3 Å². The van der Waals surface area contributed by atoms with Crippen LogP contribution in [0.3, 0.4) is 0 Å². The number of H-pyrrole nitrogens is 1. The van der Waals surface area contributed by atoms with Crippen LogP contribution in [0.2, 0.25) is 0 Å². The van der Waals surface area contributed by atoms with E-state index in [9.17, 15) is 9.59 Å². The van der Waals surface area contributed by atoms with E-state index >= 15 is 0 Å². The molecule has 2 saturated heterocycles. The molecule has 0 bridgehead atoms. The molecule has 3 aliphatic rings. The van der Waals surface area contributed by atoms with Gasteiger partial charge in [0.15, 0.2) is 0 Å². The van der Waals surface area contributed by atoms with Crippen molar-refractivity contribution in [1.29, 1.82) is 0 Å². The Morgan fingerprint density at radius 3 is 2.96 bits per heavy atom. The molecule has 1 N–H and O–H groups in total. The maximum absolute atomic E-state index is 13.1. The van der Waals surface area contributed by atoms with Gasteiger partial charge in [-0.25, -0.2) is 0 Å². The summed E-state index contributed by atoms with van der Waals surface area (Å²) in [4.78, 5) is 29.5. The van der Waals surface area contributed by atoms with Gasteiger partial charge in [0, 0.05) is 43.7 Å². The SMILES string of the molecule is CCCc1[nH]ncc1C(=O)N1CCC[C@]2(CCC(=O)N(CC3CC3)C2)C1. The number of rotatable bonds is 5. The summed E-state index contributed by atoms with van der Waals surface area (Å²) < 4.78 is 0. The van der Waals surface area contributed by atoms with E-state index in [-0.39, 0.29) is 11.3 Å². The van der Waals surface area contributed by atoms with Gasteiger partial charge in [0.25, 0.3) is 5.91 Å². The molecular weight excluding hydrogens is 328 g/mol. The minimum Gasteiger partial charge on any atom is -0.342 e. The molecule has 1 aromatic heterocycles. The van der Waals surface area contributed by atoms with Crippen molar-refractivity contribution < 1.29 is 9.59 Å². The van der Waals surface area contributed by atoms with E-state index in [1.807, 2.05) is 4.90 Å². The molecule has 0 radical (unpaired) electrons. The predicted molar refractivity (Wildman–Crippen MR) is 98.7 cm³/mol. The molecular formula is C20H30N4O2. The summed E-state index contributed by atoms with van der Waals surface area (Å²) in [5, 5.41) is 7.09. The molecule has 0 unspecified atom stereocenters. The van der Waals surface area contributed by atoms with E-state index in [0.29, 0.717) is 12.3 Å². The van der Waals surface area contributed by atoms with Gasteiger partial charge < -0.3 is 9.80 Å². The number of amides is 2. The average molecular weight is 358 g/mol. The summed E-state index contributed by atoms with van der Waals surface area (Å²) in [7, 11) is 0. The number of piperidine rings is 2. The minimum absolute atomic E-state index is 0.0887. The molecule has 6 heteroatoms. The number of aromatic amines is 1. The Balaban J connectivity index is 1.47. The molecule has 1 atom stereocenters. The molecule has 6 nitrogen and oxygen atoms in total. The molecule has 3 fully saturated rings. The molecule has 3 heterocycles. The van der Waals surface area contributed by atoms with Crippen LogP contribution in [0.25, 0.3) is 0 Å². The topological polar surface area (TPSA) is 69.3 Å². The second-order valence-corrected chi connectivity index (χ2v) is 8.56. The normalized spacial score (nSPS) is 26.6. The summed E-state index contributed by atoms with van der Waals surface area (Å²) >= 11 is 0. The highest BCUT2D eigenvalue weighted by Gasteiger charge is 2.44. The van der Waals surface area contributed by atoms with E-state index in [1.54, 1.807) is 6.20 Å². The summed E-state index contributed by atoms with van der Waals surface area (Å²) in [6.45, 7) is 5.46. The third-order valence-electron chi connectivity index (χ3n) is 6.32. The van der Waals surface area contributed by atoms with Crippen LogP contribution in [-0.4, -0.2) is 58.0 Å². The smallest absolute Gasteiger partial charge is 0.257 e. The summed E-state index contributed by atoms with van der Waals surface area (Å²) in [5.41, 5.74) is 1.77. The average Bonchev–Trinajstić information content (AvgIpc) is 3.34. The first-order valence-electron chi connectivity index (χ1n) is 10.2. The fraction of sp³-hybridized carbons (Fsp3) is 0.750. The van der Waals surface area contributed by atoms with E-state index < -0.39 is 0 Å². The molecule has 2 amide bonds. The number of carbonyl (C=O) groups excluding carboxylic acids is 2. The molecule has 1 saturated carbocycles. The number of aryl methyl sites for hydroxylation is 1. The maximum atomic E-state index is 13.1. The molecule has 1 aromatic rings. The van der Waals surface area contributed by atoms with Crippen molar-refractivity contribution in [2.45, 2.75) is 58.3 Å². The van der Waals surface area contributed by atoms with Gasteiger partial charge in [0.1, 0.15) is 0 Å². The van der Waals surface area contributed by atoms with E-state index in [1.165, 1.54) is 12.8 Å². The summed E-state index contributed by atoms with van der Waals surface area (Å²) in [6, 6.07) is 0. The van der Waals surface area contributed by atoms with Crippen molar-refractivity contribution in [2.75, 3.05) is 26.2 Å². The van der Waals surface area contributed by atoms with Crippen molar-refractivity contribution in [3.05, 3.63) is 17.5 Å². The summed E-state index contributed by atoms with van der Waals surface area (Å²) in [5.74, 6) is 1.14. The lowest BCUT2D eigenvalue weighted by atomic mass is 9.73. The van der Waals surface area contributed by atoms with E-state index in [2.05, 4.69) is 22.0 Å². The van der Waals surface area contributed by atoms with E-state index in [4.69, 9.17) is 0 Å². The zero-order chi connectivity index (χ0) is 18.1. The second-order valence-electron chi connectivity index (χ2n) is 8.56. The zero-order valence-corrected chi connectivity index (χ0v) is 15.8. The number of hydrogen-bond acceptors (Lipinski definition) is 3. The van der Waals surface area contributed by atoms with Gasteiger partial charge in [-0.3, -0.25) is 14.7 Å². The van der Waals surface area contributed by atoms with Gasteiger partial charge in [-0.05, 0) is 44.4 Å². The first-order valence-corrected chi connectivity index (χ1v) is 10.2. The number of aromatic nitrogens is 2. The Labute approximate surface area is 155 Å². The number of nitrogens with one attached hydrogen (secondary N) is 1. The standard InChI is InChI=1S/C20H30N4O2/c1-2-4-17-16(11-21-22-17)19(26)23-10-3-8-20(13-23)9-7-18(25)24(14-20)12-15-5-6-15/h11,15H,2-10,12-14H2,1H3,(H,21,22)/t20-/m0/s1.